The molecule has 0 atom stereocenters. The second-order valence-electron chi connectivity index (χ2n) is 12.0. The van der Waals surface area contributed by atoms with Gasteiger partial charge in [-0.3, -0.25) is 0 Å². The van der Waals surface area contributed by atoms with Crippen LogP contribution >= 0.6 is 0 Å². The second kappa shape index (κ2) is 10.2. The van der Waals surface area contributed by atoms with Crippen molar-refractivity contribution >= 4 is 10.8 Å². The van der Waals surface area contributed by atoms with Crippen molar-refractivity contribution in [3.8, 4) is 45.0 Å². The summed E-state index contributed by atoms with van der Waals surface area (Å²) in [6.07, 6.45) is 9.13. The van der Waals surface area contributed by atoms with E-state index in [1.807, 2.05) is 20.0 Å². The molecule has 0 N–H and O–H groups in total. The Hall–Kier alpha value is -5.22. The zero-order chi connectivity index (χ0) is 30.9. The van der Waals surface area contributed by atoms with Gasteiger partial charge in [0.25, 0.3) is 5.82 Å². The van der Waals surface area contributed by atoms with Crippen LogP contribution in [0.3, 0.4) is 0 Å². The van der Waals surface area contributed by atoms with Crippen LogP contribution in [0.1, 0.15) is 43.6 Å². The van der Waals surface area contributed by atoms with Gasteiger partial charge in [-0.1, -0.05) is 98.8 Å². The van der Waals surface area contributed by atoms with Gasteiger partial charge in [0.2, 0.25) is 0 Å². The Bertz CT molecular complexity index is 2170. The highest BCUT2D eigenvalue weighted by Gasteiger charge is 2.34. The minimum Gasteiger partial charge on any atom is -0.303 e. The second-order valence-corrected chi connectivity index (χ2v) is 12.0. The van der Waals surface area contributed by atoms with Crippen molar-refractivity contribution in [2.24, 2.45) is 7.05 Å². The number of imidazole rings is 2. The minimum atomic E-state index is -0.772. The predicted octanol–water partition coefficient (Wildman–Crippen LogP) is 8.98. The molecule has 0 unspecified atom stereocenters. The normalized spacial score (nSPS) is 12.8. The molecule has 4 heteroatoms. The van der Waals surface area contributed by atoms with E-state index in [0.29, 0.717) is 0 Å². The lowest BCUT2D eigenvalue weighted by atomic mass is 9.89. The number of hydrogen-bond donors (Lipinski definition) is 0. The van der Waals surface area contributed by atoms with Crippen LogP contribution in [0.25, 0.3) is 55.8 Å². The Kier molecular flexibility index (Phi) is 5.86. The third kappa shape index (κ3) is 3.98. The summed E-state index contributed by atoms with van der Waals surface area (Å²) in [5, 5.41) is 2.50. The van der Waals surface area contributed by atoms with Crippen LogP contribution in [-0.2, 0) is 13.5 Å². The van der Waals surface area contributed by atoms with Crippen molar-refractivity contribution in [2.45, 2.75) is 33.1 Å². The third-order valence-corrected chi connectivity index (χ3v) is 9.16. The van der Waals surface area contributed by atoms with E-state index in [0.717, 1.165) is 51.6 Å². The summed E-state index contributed by atoms with van der Waals surface area (Å²) >= 11 is 0. The Balaban J connectivity index is 1.51. The van der Waals surface area contributed by atoms with Gasteiger partial charge in [0, 0.05) is 42.3 Å². The van der Waals surface area contributed by atoms with Gasteiger partial charge in [-0.15, -0.1) is 0 Å². The lowest BCUT2D eigenvalue weighted by Crippen LogP contribution is -2.30. The van der Waals surface area contributed by atoms with Gasteiger partial charge in [0.1, 0.15) is 23.9 Å². The molecule has 3 heterocycles. The molecule has 7 aromatic rings. The van der Waals surface area contributed by atoms with Crippen LogP contribution in [0, 0.1) is 6.92 Å². The summed E-state index contributed by atoms with van der Waals surface area (Å²) in [5.41, 5.74) is 11.6. The maximum Gasteiger partial charge on any atom is 0.294 e. The maximum atomic E-state index is 9.07. The van der Waals surface area contributed by atoms with Gasteiger partial charge in [-0.05, 0) is 52.6 Å². The van der Waals surface area contributed by atoms with Gasteiger partial charge < -0.3 is 4.57 Å². The maximum absolute atomic E-state index is 9.07. The van der Waals surface area contributed by atoms with Gasteiger partial charge in [-0.25, -0.2) is 9.55 Å². The first-order chi connectivity index (χ1) is 21.8. The Morgan fingerprint density at radius 3 is 2.02 bits per heavy atom. The van der Waals surface area contributed by atoms with Gasteiger partial charge in [-0.2, -0.15) is 4.57 Å². The monoisotopic (exact) mass is 572 g/mol. The highest BCUT2D eigenvalue weighted by molar-refractivity contribution is 6.00. The summed E-state index contributed by atoms with van der Waals surface area (Å²) in [6, 6.07) is 34.4. The fourth-order valence-corrected chi connectivity index (χ4v) is 7.05. The smallest absolute Gasteiger partial charge is 0.294 e. The molecule has 5 aromatic carbocycles. The third-order valence-electron chi connectivity index (χ3n) is 9.16. The summed E-state index contributed by atoms with van der Waals surface area (Å²) in [7, 11) is 2.14. The Morgan fingerprint density at radius 2 is 1.39 bits per heavy atom. The van der Waals surface area contributed by atoms with Crippen LogP contribution in [0.4, 0.5) is 0 Å². The standard InChI is InChI=1S/C40H35N4/c1-26(2)30-23-33(28-13-7-5-8-14-28)39(34(24-30)29-15-9-6-10-16-29)44-22-21-42(4)40(44)37-27(3)31-17-11-12-18-32(31)38-35(37)25-36-41-19-20-43(36)38/h5-24,26H,25H2,1-4H3/q+1/i26D. The van der Waals surface area contributed by atoms with Gasteiger partial charge in [0.15, 0.2) is 0 Å². The molecular formula is C40H35N4+. The molecule has 8 rings (SSSR count). The summed E-state index contributed by atoms with van der Waals surface area (Å²) in [5.74, 6) is 1.42. The molecule has 2 aromatic heterocycles. The molecule has 4 nitrogen and oxygen atoms in total. The molecule has 1 aliphatic heterocycles. The van der Waals surface area contributed by atoms with Crippen molar-refractivity contribution in [3.05, 3.63) is 144 Å². The fraction of sp³-hybridized carbons (Fsp3) is 0.150. The quantitative estimate of drug-likeness (QED) is 0.189. The highest BCUT2D eigenvalue weighted by Crippen LogP contribution is 2.45. The number of benzene rings is 5. The first-order valence-electron chi connectivity index (χ1n) is 15.7. The molecule has 214 valence electrons. The first kappa shape index (κ1) is 25.3. The van der Waals surface area contributed by atoms with E-state index in [-0.39, 0.29) is 0 Å². The molecule has 0 bridgehead atoms. The topological polar surface area (TPSA) is 26.6 Å². The average Bonchev–Trinajstić information content (AvgIpc) is 3.76. The Labute approximate surface area is 259 Å². The summed E-state index contributed by atoms with van der Waals surface area (Å²) in [4.78, 5) is 4.75. The zero-order valence-corrected chi connectivity index (χ0v) is 25.5. The van der Waals surface area contributed by atoms with Crippen molar-refractivity contribution in [1.29, 1.82) is 0 Å². The van der Waals surface area contributed by atoms with E-state index in [2.05, 4.69) is 143 Å². The number of rotatable bonds is 5. The van der Waals surface area contributed by atoms with E-state index in [4.69, 9.17) is 6.35 Å². The average molecular weight is 573 g/mol. The van der Waals surface area contributed by atoms with Crippen LogP contribution in [0.5, 0.6) is 0 Å². The number of hydrogen-bond acceptors (Lipinski definition) is 1. The zero-order valence-electron chi connectivity index (χ0n) is 26.5. The molecular weight excluding hydrogens is 536 g/mol. The van der Waals surface area contributed by atoms with E-state index in [1.54, 1.807) is 0 Å². The van der Waals surface area contributed by atoms with E-state index in [1.165, 1.54) is 33.2 Å². The summed E-state index contributed by atoms with van der Waals surface area (Å²) in [6.45, 7) is 6.20. The molecule has 0 spiro atoms. The molecule has 0 radical (unpaired) electrons. The highest BCUT2D eigenvalue weighted by atomic mass is 15.1. The Morgan fingerprint density at radius 1 is 0.773 bits per heavy atom. The summed E-state index contributed by atoms with van der Waals surface area (Å²) < 4.78 is 16.0. The number of aryl methyl sites for hydroxylation is 2. The van der Waals surface area contributed by atoms with Crippen molar-refractivity contribution in [2.75, 3.05) is 0 Å². The fourth-order valence-electron chi connectivity index (χ4n) is 7.05. The van der Waals surface area contributed by atoms with E-state index in [9.17, 15) is 0 Å². The number of fused-ring (bicyclic) bond motifs is 5. The SMILES string of the molecule is [2H]C(C)(C)c1cc(-c2ccccc2)c(-n2cc[n+](C)c2-c2c3c(c4ccccc4c2C)-n2ccnc2C3)c(-c2ccccc2)c1. The largest absolute Gasteiger partial charge is 0.303 e. The molecule has 1 aliphatic rings. The van der Waals surface area contributed by atoms with E-state index < -0.39 is 5.89 Å². The van der Waals surface area contributed by atoms with Gasteiger partial charge in [0.05, 0.1) is 18.3 Å². The van der Waals surface area contributed by atoms with Crippen molar-refractivity contribution in [1.82, 2.24) is 14.1 Å². The molecule has 0 amide bonds. The van der Waals surface area contributed by atoms with Crippen LogP contribution in [0.15, 0.2) is 122 Å². The lowest BCUT2D eigenvalue weighted by Gasteiger charge is -2.20. The first-order valence-corrected chi connectivity index (χ1v) is 15.2. The molecule has 44 heavy (non-hydrogen) atoms. The van der Waals surface area contributed by atoms with E-state index >= 15 is 0 Å². The predicted molar refractivity (Wildman–Crippen MR) is 180 cm³/mol. The number of nitrogens with zero attached hydrogens (tertiary/aromatic N) is 4. The lowest BCUT2D eigenvalue weighted by molar-refractivity contribution is -0.659. The van der Waals surface area contributed by atoms with Crippen molar-refractivity contribution in [3.63, 3.8) is 0 Å². The molecule has 0 saturated carbocycles. The van der Waals surface area contributed by atoms with Gasteiger partial charge >= 0.3 is 0 Å². The molecule has 0 fully saturated rings. The van der Waals surface area contributed by atoms with Crippen LogP contribution in [-0.4, -0.2) is 14.1 Å². The van der Waals surface area contributed by atoms with Crippen molar-refractivity contribution < 1.29 is 5.94 Å². The van der Waals surface area contributed by atoms with Crippen LogP contribution in [0.2, 0.25) is 0 Å². The molecule has 0 saturated heterocycles. The minimum absolute atomic E-state index is 0.772. The number of aromatic nitrogens is 4. The molecule has 0 aliphatic carbocycles. The van der Waals surface area contributed by atoms with Crippen LogP contribution < -0.4 is 4.57 Å².